The van der Waals surface area contributed by atoms with Gasteiger partial charge in [0, 0.05) is 18.0 Å². The van der Waals surface area contributed by atoms with Crippen LogP contribution in [0.2, 0.25) is 0 Å². The maximum Gasteiger partial charge on any atom is 0.264 e. The number of nitrogens with one attached hydrogen (secondary N) is 1. The van der Waals surface area contributed by atoms with Crippen molar-refractivity contribution < 1.29 is 18.0 Å². The SMILES string of the molecule is CC[C@@H](C(=O)NCC(C)C)N(CCc1ccccc1)C(=O)CN(c1ccc(C)cc1)S(=O)(=O)c1ccc(SC)cc1. The molecule has 0 heterocycles. The van der Waals surface area contributed by atoms with E-state index in [9.17, 15) is 18.0 Å². The molecule has 0 unspecified atom stereocenters. The van der Waals surface area contributed by atoms with Gasteiger partial charge in [-0.05, 0) is 73.9 Å². The zero-order valence-electron chi connectivity index (χ0n) is 24.5. The Morgan fingerprint density at radius 3 is 2.12 bits per heavy atom. The number of hydrogen-bond donors (Lipinski definition) is 1. The van der Waals surface area contributed by atoms with Gasteiger partial charge in [-0.25, -0.2) is 8.42 Å². The fourth-order valence-electron chi connectivity index (χ4n) is 4.43. The third-order valence-corrected chi connectivity index (χ3v) is 9.33. The van der Waals surface area contributed by atoms with Gasteiger partial charge in [-0.1, -0.05) is 68.8 Å². The smallest absolute Gasteiger partial charge is 0.264 e. The Balaban J connectivity index is 1.99. The molecular formula is C32H41N3O4S2. The molecule has 1 N–H and O–H groups in total. The molecular weight excluding hydrogens is 555 g/mol. The van der Waals surface area contributed by atoms with Crippen molar-refractivity contribution in [3.05, 3.63) is 90.0 Å². The lowest BCUT2D eigenvalue weighted by Crippen LogP contribution is -2.53. The topological polar surface area (TPSA) is 86.8 Å². The molecule has 0 saturated heterocycles. The summed E-state index contributed by atoms with van der Waals surface area (Å²) >= 11 is 1.52. The van der Waals surface area contributed by atoms with Crippen LogP contribution in [0.15, 0.2) is 88.7 Å². The van der Waals surface area contributed by atoms with E-state index in [1.807, 2.05) is 76.4 Å². The third-order valence-electron chi connectivity index (χ3n) is 6.80. The third kappa shape index (κ3) is 8.84. The molecule has 220 valence electrons. The van der Waals surface area contributed by atoms with Crippen LogP contribution in [-0.4, -0.2) is 57.1 Å². The highest BCUT2D eigenvalue weighted by Gasteiger charge is 2.33. The van der Waals surface area contributed by atoms with E-state index in [2.05, 4.69) is 5.32 Å². The average molecular weight is 596 g/mol. The van der Waals surface area contributed by atoms with E-state index < -0.39 is 28.5 Å². The van der Waals surface area contributed by atoms with E-state index in [0.29, 0.717) is 25.1 Å². The molecule has 0 aliphatic heterocycles. The number of amides is 2. The summed E-state index contributed by atoms with van der Waals surface area (Å²) < 4.78 is 29.1. The van der Waals surface area contributed by atoms with Crippen molar-refractivity contribution in [1.82, 2.24) is 10.2 Å². The lowest BCUT2D eigenvalue weighted by atomic mass is 10.1. The van der Waals surface area contributed by atoms with Crippen LogP contribution in [-0.2, 0) is 26.0 Å². The Morgan fingerprint density at radius 1 is 0.927 bits per heavy atom. The van der Waals surface area contributed by atoms with Crippen molar-refractivity contribution in [3.63, 3.8) is 0 Å². The Labute approximate surface area is 249 Å². The molecule has 3 rings (SSSR count). The van der Waals surface area contributed by atoms with E-state index in [-0.39, 0.29) is 23.3 Å². The molecule has 7 nitrogen and oxygen atoms in total. The second kappa shape index (κ2) is 15.1. The number of carbonyl (C=O) groups is 2. The van der Waals surface area contributed by atoms with Gasteiger partial charge < -0.3 is 10.2 Å². The van der Waals surface area contributed by atoms with Gasteiger partial charge in [0.15, 0.2) is 0 Å². The summed E-state index contributed by atoms with van der Waals surface area (Å²) in [4.78, 5) is 29.9. The lowest BCUT2D eigenvalue weighted by molar-refractivity contribution is -0.139. The molecule has 0 aliphatic rings. The van der Waals surface area contributed by atoms with Gasteiger partial charge in [-0.15, -0.1) is 11.8 Å². The standard InChI is InChI=1S/C32H41N3O4S2/c1-6-30(32(37)33-22-24(2)3)34(21-20-26-10-8-7-9-11-26)31(36)23-35(27-14-12-25(4)13-15-27)41(38,39)29-18-16-28(40-5)17-19-29/h7-19,24,30H,6,20-23H2,1-5H3,(H,33,37)/t30-/m0/s1. The Kier molecular flexibility index (Phi) is 11.8. The summed E-state index contributed by atoms with van der Waals surface area (Å²) in [6.45, 7) is 8.14. The van der Waals surface area contributed by atoms with Crippen molar-refractivity contribution in [3.8, 4) is 0 Å². The molecule has 0 fully saturated rings. The fraction of sp³-hybridized carbons (Fsp3) is 0.375. The quantitative estimate of drug-likeness (QED) is 0.248. The molecule has 3 aromatic carbocycles. The Bertz CT molecular complexity index is 1380. The van der Waals surface area contributed by atoms with E-state index in [4.69, 9.17) is 0 Å². The predicted octanol–water partition coefficient (Wildman–Crippen LogP) is 5.53. The summed E-state index contributed by atoms with van der Waals surface area (Å²) in [7, 11) is -4.09. The van der Waals surface area contributed by atoms with E-state index >= 15 is 0 Å². The number of rotatable bonds is 14. The first-order valence-corrected chi connectivity index (χ1v) is 16.6. The van der Waals surface area contributed by atoms with Crippen LogP contribution in [0.3, 0.4) is 0 Å². The van der Waals surface area contributed by atoms with Crippen LogP contribution in [0.1, 0.15) is 38.3 Å². The van der Waals surface area contributed by atoms with Gasteiger partial charge >= 0.3 is 0 Å². The molecule has 1 atom stereocenters. The maximum atomic E-state index is 14.1. The molecule has 0 aromatic heterocycles. The summed E-state index contributed by atoms with van der Waals surface area (Å²) in [6, 6.07) is 22.7. The Morgan fingerprint density at radius 2 is 1.56 bits per heavy atom. The van der Waals surface area contributed by atoms with Crippen LogP contribution in [0.25, 0.3) is 0 Å². The fourth-order valence-corrected chi connectivity index (χ4v) is 6.26. The number of thioether (sulfide) groups is 1. The highest BCUT2D eigenvalue weighted by Crippen LogP contribution is 2.26. The summed E-state index contributed by atoms with van der Waals surface area (Å²) in [6.07, 6.45) is 2.86. The second-order valence-corrected chi connectivity index (χ2v) is 13.2. The van der Waals surface area contributed by atoms with Gasteiger partial charge in [0.2, 0.25) is 11.8 Å². The zero-order chi connectivity index (χ0) is 30.0. The number of anilines is 1. The molecule has 0 aliphatic carbocycles. The normalized spacial score (nSPS) is 12.1. The first-order valence-electron chi connectivity index (χ1n) is 13.9. The largest absolute Gasteiger partial charge is 0.354 e. The van der Waals surface area contributed by atoms with Gasteiger partial charge in [-0.3, -0.25) is 13.9 Å². The minimum Gasteiger partial charge on any atom is -0.354 e. The monoisotopic (exact) mass is 595 g/mol. The zero-order valence-corrected chi connectivity index (χ0v) is 26.2. The van der Waals surface area contributed by atoms with Crippen LogP contribution in [0.4, 0.5) is 5.69 Å². The molecule has 2 amide bonds. The van der Waals surface area contributed by atoms with Crippen LogP contribution in [0.5, 0.6) is 0 Å². The second-order valence-electron chi connectivity index (χ2n) is 10.4. The summed E-state index contributed by atoms with van der Waals surface area (Å²) in [5, 5.41) is 2.96. The molecule has 0 bridgehead atoms. The Hall–Kier alpha value is -3.30. The number of aryl methyl sites for hydroxylation is 1. The number of hydrogen-bond acceptors (Lipinski definition) is 5. The first-order chi connectivity index (χ1) is 19.6. The van der Waals surface area contributed by atoms with E-state index in [1.54, 1.807) is 36.4 Å². The number of nitrogens with zero attached hydrogens (tertiary/aromatic N) is 2. The van der Waals surface area contributed by atoms with Crippen LogP contribution >= 0.6 is 11.8 Å². The molecule has 41 heavy (non-hydrogen) atoms. The van der Waals surface area contributed by atoms with Crippen LogP contribution in [0, 0.1) is 12.8 Å². The van der Waals surface area contributed by atoms with Gasteiger partial charge in [0.25, 0.3) is 10.0 Å². The minimum absolute atomic E-state index is 0.0984. The van der Waals surface area contributed by atoms with Crippen LogP contribution < -0.4 is 9.62 Å². The summed E-state index contributed by atoms with van der Waals surface area (Å²) in [5.41, 5.74) is 2.39. The van der Waals surface area contributed by atoms with Crippen molar-refractivity contribution >= 4 is 39.3 Å². The van der Waals surface area contributed by atoms with Gasteiger partial charge in [0.05, 0.1) is 10.6 Å². The maximum absolute atomic E-state index is 14.1. The minimum atomic E-state index is -4.09. The number of sulfonamides is 1. The highest BCUT2D eigenvalue weighted by molar-refractivity contribution is 7.98. The predicted molar refractivity (Wildman–Crippen MR) is 168 cm³/mol. The summed E-state index contributed by atoms with van der Waals surface area (Å²) in [5.74, 6) is -0.415. The van der Waals surface area contributed by atoms with Crippen molar-refractivity contribution in [2.45, 2.75) is 56.4 Å². The molecule has 3 aromatic rings. The number of benzene rings is 3. The molecule has 0 spiro atoms. The van der Waals surface area contributed by atoms with E-state index in [0.717, 1.165) is 20.3 Å². The highest BCUT2D eigenvalue weighted by atomic mass is 32.2. The van der Waals surface area contributed by atoms with Crippen molar-refractivity contribution in [1.29, 1.82) is 0 Å². The molecule has 0 radical (unpaired) electrons. The van der Waals surface area contributed by atoms with Crippen molar-refractivity contribution in [2.24, 2.45) is 5.92 Å². The van der Waals surface area contributed by atoms with E-state index in [1.165, 1.54) is 16.7 Å². The van der Waals surface area contributed by atoms with Gasteiger partial charge in [0.1, 0.15) is 12.6 Å². The average Bonchev–Trinajstić information content (AvgIpc) is 2.97. The first kappa shape index (κ1) is 32.2. The lowest BCUT2D eigenvalue weighted by Gasteiger charge is -2.33. The molecule has 0 saturated carbocycles. The molecule has 9 heteroatoms. The number of carbonyl (C=O) groups excluding carboxylic acids is 2. The van der Waals surface area contributed by atoms with Crippen molar-refractivity contribution in [2.75, 3.05) is 30.2 Å². The van der Waals surface area contributed by atoms with Gasteiger partial charge in [-0.2, -0.15) is 0 Å².